The number of nitro benzene ring substituents is 1. The van der Waals surface area contributed by atoms with Crippen molar-refractivity contribution in [1.29, 1.82) is 0 Å². The molecule has 0 aliphatic carbocycles. The second-order valence-corrected chi connectivity index (χ2v) is 8.25. The Labute approximate surface area is 195 Å². The molecule has 1 amide bonds. The molecule has 8 nitrogen and oxygen atoms in total. The quantitative estimate of drug-likeness (QED) is 0.240. The largest absolute Gasteiger partial charge is 0.494 e. The van der Waals surface area contributed by atoms with Gasteiger partial charge in [0.15, 0.2) is 5.88 Å². The van der Waals surface area contributed by atoms with Crippen molar-refractivity contribution in [3.05, 3.63) is 99.6 Å². The second-order valence-electron chi connectivity index (χ2n) is 8.25. The summed E-state index contributed by atoms with van der Waals surface area (Å²) in [5.41, 5.74) is 3.84. The standard InChI is InChI=1S/C26H22N4O4/c31-23-7-4-14-29(23)16-17-8-10-19(11-9-17)27-25(18-5-2-1-3-6-18)24-21-15-20(30(33)34)12-13-22(21)28-26(24)32/h1-3,5-6,8-13,15,28,32H,4,7,14,16H2. The fourth-order valence-corrected chi connectivity index (χ4v) is 4.28. The Morgan fingerprint density at radius 3 is 2.53 bits per heavy atom. The van der Waals surface area contributed by atoms with Crippen LogP contribution in [0.25, 0.3) is 10.9 Å². The van der Waals surface area contributed by atoms with Crippen LogP contribution in [0.2, 0.25) is 0 Å². The number of hydrogen-bond donors (Lipinski definition) is 2. The molecule has 8 heteroatoms. The lowest BCUT2D eigenvalue weighted by molar-refractivity contribution is -0.384. The highest BCUT2D eigenvalue weighted by Gasteiger charge is 2.22. The summed E-state index contributed by atoms with van der Waals surface area (Å²) in [5.74, 6) is 0.0691. The van der Waals surface area contributed by atoms with Gasteiger partial charge in [-0.2, -0.15) is 0 Å². The number of nitrogens with one attached hydrogen (secondary N) is 1. The van der Waals surface area contributed by atoms with Crippen molar-refractivity contribution in [1.82, 2.24) is 9.88 Å². The number of nitrogens with zero attached hydrogens (tertiary/aromatic N) is 3. The Kier molecular flexibility index (Phi) is 5.55. The normalized spacial score (nSPS) is 14.2. The maximum absolute atomic E-state index is 11.9. The summed E-state index contributed by atoms with van der Waals surface area (Å²) >= 11 is 0. The van der Waals surface area contributed by atoms with Crippen LogP contribution in [0.3, 0.4) is 0 Å². The molecule has 0 atom stereocenters. The van der Waals surface area contributed by atoms with Crippen LogP contribution in [0.1, 0.15) is 29.5 Å². The molecule has 1 fully saturated rings. The van der Waals surface area contributed by atoms with Crippen molar-refractivity contribution in [2.45, 2.75) is 19.4 Å². The molecule has 1 aromatic heterocycles. The van der Waals surface area contributed by atoms with Crippen LogP contribution in [0.4, 0.5) is 11.4 Å². The minimum absolute atomic E-state index is 0.0685. The summed E-state index contributed by atoms with van der Waals surface area (Å²) in [6, 6.07) is 21.4. The molecule has 4 aromatic rings. The molecular formula is C26H22N4O4. The number of benzene rings is 3. The van der Waals surface area contributed by atoms with Crippen molar-refractivity contribution < 1.29 is 14.8 Å². The molecule has 34 heavy (non-hydrogen) atoms. The third-order valence-electron chi connectivity index (χ3n) is 5.98. The van der Waals surface area contributed by atoms with Crippen LogP contribution in [0.5, 0.6) is 5.88 Å². The Bertz CT molecular complexity index is 1410. The molecule has 0 saturated carbocycles. The zero-order chi connectivity index (χ0) is 23.7. The molecule has 0 unspecified atom stereocenters. The summed E-state index contributed by atoms with van der Waals surface area (Å²) in [7, 11) is 0. The molecule has 5 rings (SSSR count). The monoisotopic (exact) mass is 454 g/mol. The van der Waals surface area contributed by atoms with Gasteiger partial charge in [-0.15, -0.1) is 0 Å². The van der Waals surface area contributed by atoms with Gasteiger partial charge in [-0.3, -0.25) is 14.9 Å². The summed E-state index contributed by atoms with van der Waals surface area (Å²) in [6.45, 7) is 1.35. The summed E-state index contributed by atoms with van der Waals surface area (Å²) < 4.78 is 0. The van der Waals surface area contributed by atoms with E-state index >= 15 is 0 Å². The zero-order valence-corrected chi connectivity index (χ0v) is 18.3. The van der Waals surface area contributed by atoms with E-state index < -0.39 is 4.92 Å². The van der Waals surface area contributed by atoms with E-state index in [9.17, 15) is 20.0 Å². The summed E-state index contributed by atoms with van der Waals surface area (Å²) in [4.78, 5) is 32.4. The summed E-state index contributed by atoms with van der Waals surface area (Å²) in [5, 5.41) is 22.6. The lowest BCUT2D eigenvalue weighted by atomic mass is 10.0. The Hall–Kier alpha value is -4.46. The molecule has 1 aliphatic heterocycles. The van der Waals surface area contributed by atoms with Gasteiger partial charge in [0.1, 0.15) is 0 Å². The number of aromatic hydroxyl groups is 1. The number of fused-ring (bicyclic) bond motifs is 1. The molecule has 1 saturated heterocycles. The van der Waals surface area contributed by atoms with Gasteiger partial charge in [-0.25, -0.2) is 4.99 Å². The molecule has 0 spiro atoms. The molecule has 3 aromatic carbocycles. The number of rotatable bonds is 6. The van der Waals surface area contributed by atoms with Gasteiger partial charge < -0.3 is 15.0 Å². The Morgan fingerprint density at radius 1 is 1.09 bits per heavy atom. The van der Waals surface area contributed by atoms with Crippen molar-refractivity contribution in [3.63, 3.8) is 0 Å². The van der Waals surface area contributed by atoms with E-state index in [0.29, 0.717) is 40.8 Å². The molecule has 0 bridgehead atoms. The van der Waals surface area contributed by atoms with E-state index in [4.69, 9.17) is 4.99 Å². The highest BCUT2D eigenvalue weighted by molar-refractivity contribution is 6.22. The third-order valence-corrected chi connectivity index (χ3v) is 5.98. The SMILES string of the molecule is O=C1CCCN1Cc1ccc(N=C(c2ccccc2)c2c(O)[nH]c3ccc([N+](=O)[O-])cc23)cc1. The maximum atomic E-state index is 11.9. The number of aliphatic imine (C=N–C) groups is 1. The Balaban J connectivity index is 1.58. The first-order chi connectivity index (χ1) is 16.5. The summed E-state index contributed by atoms with van der Waals surface area (Å²) in [6.07, 6.45) is 1.50. The number of non-ortho nitro benzene ring substituents is 1. The van der Waals surface area contributed by atoms with Crippen molar-refractivity contribution in [2.75, 3.05) is 6.54 Å². The average Bonchev–Trinajstić information content (AvgIpc) is 3.40. The predicted molar refractivity (Wildman–Crippen MR) is 129 cm³/mol. The molecule has 0 radical (unpaired) electrons. The number of carbonyl (C=O) groups excluding carboxylic acids is 1. The Morgan fingerprint density at radius 2 is 1.85 bits per heavy atom. The highest BCUT2D eigenvalue weighted by Crippen LogP contribution is 2.33. The molecule has 170 valence electrons. The molecule has 2 heterocycles. The lowest BCUT2D eigenvalue weighted by Crippen LogP contribution is -2.23. The number of carbonyl (C=O) groups is 1. The fourth-order valence-electron chi connectivity index (χ4n) is 4.28. The molecular weight excluding hydrogens is 432 g/mol. The van der Waals surface area contributed by atoms with Crippen LogP contribution in [0, 0.1) is 10.1 Å². The van der Waals surface area contributed by atoms with Crippen LogP contribution < -0.4 is 0 Å². The number of likely N-dealkylation sites (tertiary alicyclic amines) is 1. The zero-order valence-electron chi connectivity index (χ0n) is 18.3. The average molecular weight is 454 g/mol. The van der Waals surface area contributed by atoms with E-state index in [-0.39, 0.29) is 17.5 Å². The van der Waals surface area contributed by atoms with Crippen LogP contribution in [0.15, 0.2) is 77.8 Å². The van der Waals surface area contributed by atoms with Crippen molar-refractivity contribution in [2.24, 2.45) is 4.99 Å². The number of aromatic nitrogens is 1. The number of amides is 1. The number of aromatic amines is 1. The van der Waals surface area contributed by atoms with Crippen LogP contribution in [-0.4, -0.2) is 38.1 Å². The fraction of sp³-hybridized carbons (Fsp3) is 0.154. The highest BCUT2D eigenvalue weighted by atomic mass is 16.6. The van der Waals surface area contributed by atoms with Crippen LogP contribution in [-0.2, 0) is 11.3 Å². The number of H-pyrrole nitrogens is 1. The van der Waals surface area contributed by atoms with Crippen LogP contribution >= 0.6 is 0 Å². The van der Waals surface area contributed by atoms with E-state index in [1.54, 1.807) is 6.07 Å². The molecule has 1 aliphatic rings. The van der Waals surface area contributed by atoms with E-state index in [2.05, 4.69) is 4.98 Å². The molecule has 2 N–H and O–H groups in total. The smallest absolute Gasteiger partial charge is 0.270 e. The van der Waals surface area contributed by atoms with E-state index in [1.165, 1.54) is 12.1 Å². The first-order valence-corrected chi connectivity index (χ1v) is 11.0. The van der Waals surface area contributed by atoms with Gasteiger partial charge in [0, 0.05) is 48.1 Å². The minimum atomic E-state index is -0.462. The predicted octanol–water partition coefficient (Wildman–Crippen LogP) is 5.07. The van der Waals surface area contributed by atoms with Gasteiger partial charge in [0.2, 0.25) is 5.91 Å². The maximum Gasteiger partial charge on any atom is 0.270 e. The second kappa shape index (κ2) is 8.82. The van der Waals surface area contributed by atoms with E-state index in [1.807, 2.05) is 59.5 Å². The van der Waals surface area contributed by atoms with Crippen molar-refractivity contribution in [3.8, 4) is 5.88 Å². The lowest BCUT2D eigenvalue weighted by Gasteiger charge is -2.15. The van der Waals surface area contributed by atoms with Gasteiger partial charge in [0.25, 0.3) is 5.69 Å². The van der Waals surface area contributed by atoms with Gasteiger partial charge >= 0.3 is 0 Å². The van der Waals surface area contributed by atoms with Gasteiger partial charge in [-0.05, 0) is 30.2 Å². The third kappa shape index (κ3) is 4.13. The van der Waals surface area contributed by atoms with Crippen molar-refractivity contribution >= 4 is 33.9 Å². The van der Waals surface area contributed by atoms with Gasteiger partial charge in [0.05, 0.1) is 21.9 Å². The first kappa shape index (κ1) is 21.4. The first-order valence-electron chi connectivity index (χ1n) is 11.0. The van der Waals surface area contributed by atoms with Gasteiger partial charge in [-0.1, -0.05) is 42.5 Å². The number of nitro groups is 1. The topological polar surface area (TPSA) is 112 Å². The number of hydrogen-bond acceptors (Lipinski definition) is 5. The minimum Gasteiger partial charge on any atom is -0.494 e. The van der Waals surface area contributed by atoms with E-state index in [0.717, 1.165) is 24.1 Å².